The van der Waals surface area contributed by atoms with Crippen LogP contribution in [0.15, 0.2) is 24.9 Å². The van der Waals surface area contributed by atoms with E-state index in [1.807, 2.05) is 12.4 Å². The van der Waals surface area contributed by atoms with Crippen LogP contribution in [0.4, 0.5) is 0 Å². The van der Waals surface area contributed by atoms with E-state index in [0.29, 0.717) is 0 Å². The van der Waals surface area contributed by atoms with Gasteiger partial charge >= 0.3 is 0 Å². The smallest absolute Gasteiger partial charge is 0.115 e. The van der Waals surface area contributed by atoms with Crippen molar-refractivity contribution in [3.05, 3.63) is 30.5 Å². The highest BCUT2D eigenvalue weighted by Crippen LogP contribution is 2.36. The fourth-order valence-corrected chi connectivity index (χ4v) is 2.40. The molecule has 2 bridgehead atoms. The lowest BCUT2D eigenvalue weighted by Crippen LogP contribution is -2.35. The average Bonchev–Trinajstić information content (AvgIpc) is 2.32. The van der Waals surface area contributed by atoms with Crippen molar-refractivity contribution in [3.8, 4) is 0 Å². The standard InChI is InChI=1S/C11H13N3/c1-3-14-4-2-9(1)11(7-14)10-5-12-8-13-6-10/h5-9H,1-4H2. The van der Waals surface area contributed by atoms with Crippen LogP contribution in [0.5, 0.6) is 0 Å². The van der Waals surface area contributed by atoms with Crippen molar-refractivity contribution in [2.75, 3.05) is 13.1 Å². The van der Waals surface area contributed by atoms with Gasteiger partial charge < -0.3 is 4.90 Å². The van der Waals surface area contributed by atoms with Crippen LogP contribution in [0.2, 0.25) is 0 Å². The van der Waals surface area contributed by atoms with E-state index in [1.54, 1.807) is 6.33 Å². The van der Waals surface area contributed by atoms with Gasteiger partial charge in [0.2, 0.25) is 0 Å². The molecule has 0 spiro atoms. The number of nitrogens with zero attached hydrogens (tertiary/aromatic N) is 3. The van der Waals surface area contributed by atoms with Gasteiger partial charge in [-0.1, -0.05) is 0 Å². The average molecular weight is 187 g/mol. The summed E-state index contributed by atoms with van der Waals surface area (Å²) in [5, 5.41) is 0. The highest BCUT2D eigenvalue weighted by Gasteiger charge is 2.27. The Balaban J connectivity index is 2.00. The number of allylic oxidation sites excluding steroid dienone is 1. The Bertz CT molecular complexity index is 350. The maximum Gasteiger partial charge on any atom is 0.115 e. The molecular formula is C11H13N3. The molecule has 4 heterocycles. The fraction of sp³-hybridized carbons (Fsp3) is 0.455. The zero-order valence-corrected chi connectivity index (χ0v) is 8.06. The maximum atomic E-state index is 4.07. The van der Waals surface area contributed by atoms with E-state index < -0.39 is 0 Å². The van der Waals surface area contributed by atoms with Crippen molar-refractivity contribution < 1.29 is 0 Å². The quantitative estimate of drug-likeness (QED) is 0.668. The molecule has 0 N–H and O–H groups in total. The molecule has 1 aromatic heterocycles. The van der Waals surface area contributed by atoms with Crippen LogP contribution >= 0.6 is 0 Å². The van der Waals surface area contributed by atoms with Crippen molar-refractivity contribution in [3.63, 3.8) is 0 Å². The van der Waals surface area contributed by atoms with Crippen LogP contribution in [-0.2, 0) is 0 Å². The van der Waals surface area contributed by atoms with Crippen molar-refractivity contribution in [1.82, 2.24) is 14.9 Å². The summed E-state index contributed by atoms with van der Waals surface area (Å²) < 4.78 is 0. The molecule has 0 amide bonds. The van der Waals surface area contributed by atoms with Gasteiger partial charge in [0.05, 0.1) is 0 Å². The van der Waals surface area contributed by atoms with Crippen molar-refractivity contribution in [2.45, 2.75) is 12.8 Å². The van der Waals surface area contributed by atoms with Gasteiger partial charge in [0.15, 0.2) is 0 Å². The van der Waals surface area contributed by atoms with Gasteiger partial charge in [-0.2, -0.15) is 0 Å². The van der Waals surface area contributed by atoms with E-state index in [1.165, 1.54) is 37.1 Å². The molecule has 4 rings (SSSR count). The minimum absolute atomic E-state index is 0.742. The molecule has 3 heteroatoms. The van der Waals surface area contributed by atoms with Crippen LogP contribution in [0.3, 0.4) is 0 Å². The third kappa shape index (κ3) is 1.20. The van der Waals surface area contributed by atoms with Gasteiger partial charge in [-0.25, -0.2) is 9.97 Å². The normalized spacial score (nSPS) is 21.1. The Morgan fingerprint density at radius 1 is 1.14 bits per heavy atom. The highest BCUT2D eigenvalue weighted by atomic mass is 15.1. The second-order valence-corrected chi connectivity index (χ2v) is 4.02. The van der Waals surface area contributed by atoms with Gasteiger partial charge in [-0.15, -0.1) is 0 Å². The lowest BCUT2D eigenvalue weighted by Gasteiger charge is -2.39. The Morgan fingerprint density at radius 3 is 2.43 bits per heavy atom. The predicted molar refractivity (Wildman–Crippen MR) is 54.3 cm³/mol. The van der Waals surface area contributed by atoms with Gasteiger partial charge in [0.25, 0.3) is 0 Å². The minimum Gasteiger partial charge on any atom is -0.377 e. The van der Waals surface area contributed by atoms with Crippen molar-refractivity contribution in [1.29, 1.82) is 0 Å². The SMILES string of the molecule is C1=C(c2cncnc2)C2CCN1CC2. The number of hydrogen-bond acceptors (Lipinski definition) is 3. The molecule has 0 unspecified atom stereocenters. The van der Waals surface area contributed by atoms with Gasteiger partial charge in [-0.3, -0.25) is 0 Å². The second kappa shape index (κ2) is 3.08. The van der Waals surface area contributed by atoms with Crippen LogP contribution in [0, 0.1) is 5.92 Å². The van der Waals surface area contributed by atoms with E-state index in [0.717, 1.165) is 5.92 Å². The van der Waals surface area contributed by atoms with E-state index in [4.69, 9.17) is 0 Å². The predicted octanol–water partition coefficient (Wildman–Crippen LogP) is 1.54. The van der Waals surface area contributed by atoms with E-state index in [-0.39, 0.29) is 0 Å². The van der Waals surface area contributed by atoms with Gasteiger partial charge in [0.1, 0.15) is 6.33 Å². The fourth-order valence-electron chi connectivity index (χ4n) is 2.40. The zero-order valence-electron chi connectivity index (χ0n) is 8.06. The lowest BCUT2D eigenvalue weighted by molar-refractivity contribution is 0.252. The minimum atomic E-state index is 0.742. The topological polar surface area (TPSA) is 29.0 Å². The summed E-state index contributed by atoms with van der Waals surface area (Å²) in [5.41, 5.74) is 2.63. The number of fused-ring (bicyclic) bond motifs is 2. The monoisotopic (exact) mass is 187 g/mol. The molecule has 3 nitrogen and oxygen atoms in total. The first kappa shape index (κ1) is 7.97. The molecule has 72 valence electrons. The van der Waals surface area contributed by atoms with Crippen molar-refractivity contribution in [2.24, 2.45) is 5.92 Å². The largest absolute Gasteiger partial charge is 0.377 e. The van der Waals surface area contributed by atoms with Crippen LogP contribution in [0.1, 0.15) is 18.4 Å². The molecule has 1 fully saturated rings. The first-order chi connectivity index (χ1) is 6.93. The zero-order chi connectivity index (χ0) is 9.38. The number of rotatable bonds is 1. The summed E-state index contributed by atoms with van der Waals surface area (Å²) in [5.74, 6) is 0.742. The van der Waals surface area contributed by atoms with E-state index in [9.17, 15) is 0 Å². The third-order valence-electron chi connectivity index (χ3n) is 3.18. The van der Waals surface area contributed by atoms with E-state index in [2.05, 4.69) is 21.1 Å². The summed E-state index contributed by atoms with van der Waals surface area (Å²) in [6, 6.07) is 0. The summed E-state index contributed by atoms with van der Waals surface area (Å²) in [6.07, 6.45) is 10.3. The Kier molecular flexibility index (Phi) is 1.76. The Morgan fingerprint density at radius 2 is 1.86 bits per heavy atom. The summed E-state index contributed by atoms with van der Waals surface area (Å²) >= 11 is 0. The number of hydrogen-bond donors (Lipinski definition) is 0. The summed E-state index contributed by atoms with van der Waals surface area (Å²) in [7, 11) is 0. The molecule has 0 radical (unpaired) electrons. The molecular weight excluding hydrogens is 174 g/mol. The lowest BCUT2D eigenvalue weighted by atomic mass is 9.83. The van der Waals surface area contributed by atoms with Gasteiger partial charge in [-0.05, 0) is 24.3 Å². The van der Waals surface area contributed by atoms with Crippen molar-refractivity contribution >= 4 is 5.57 Å². The molecule has 3 aliphatic rings. The molecule has 0 saturated carbocycles. The molecule has 0 aromatic carbocycles. The molecule has 1 aromatic rings. The van der Waals surface area contributed by atoms with Crippen LogP contribution in [0.25, 0.3) is 5.57 Å². The first-order valence-corrected chi connectivity index (χ1v) is 5.14. The summed E-state index contributed by atoms with van der Waals surface area (Å²) in [6.45, 7) is 2.45. The first-order valence-electron chi connectivity index (χ1n) is 5.14. The number of aromatic nitrogens is 2. The Labute approximate surface area is 83.5 Å². The van der Waals surface area contributed by atoms with E-state index >= 15 is 0 Å². The maximum absolute atomic E-state index is 4.07. The third-order valence-corrected chi connectivity index (χ3v) is 3.18. The van der Waals surface area contributed by atoms with Crippen LogP contribution < -0.4 is 0 Å². The Hall–Kier alpha value is -1.38. The molecule has 0 atom stereocenters. The van der Waals surface area contributed by atoms with Crippen LogP contribution in [-0.4, -0.2) is 28.0 Å². The molecule has 1 saturated heterocycles. The molecule has 14 heavy (non-hydrogen) atoms. The van der Waals surface area contributed by atoms with Gasteiger partial charge in [0, 0.05) is 37.2 Å². The second-order valence-electron chi connectivity index (χ2n) is 4.02. The molecule has 3 aliphatic heterocycles. The number of piperidine rings is 1. The molecule has 0 aliphatic carbocycles. The summed E-state index contributed by atoms with van der Waals surface area (Å²) in [4.78, 5) is 10.6. The highest BCUT2D eigenvalue weighted by molar-refractivity contribution is 5.67.